The predicted molar refractivity (Wildman–Crippen MR) is 129 cm³/mol. The molecule has 34 heavy (non-hydrogen) atoms. The third-order valence-electron chi connectivity index (χ3n) is 10.3. The summed E-state index contributed by atoms with van der Waals surface area (Å²) in [5.74, 6) is 4.34. The highest BCUT2D eigenvalue weighted by Crippen LogP contribution is 2.64. The van der Waals surface area contributed by atoms with E-state index in [0.29, 0.717) is 17.8 Å². The normalized spacial score (nSPS) is 43.7. The van der Waals surface area contributed by atoms with E-state index in [2.05, 4.69) is 29.6 Å². The average molecular weight is 468 g/mol. The van der Waals surface area contributed by atoms with Gasteiger partial charge < -0.3 is 14.8 Å². The SMILES string of the molecule is c1cc(C2CCC3(CC2)OOC2(O3)C3CC4CC(C3)CC2C4)ccc1OCCC1CCNCC1. The number of nitrogens with one attached hydrogen (secondary N) is 1. The van der Waals surface area contributed by atoms with E-state index in [1.807, 2.05) is 0 Å². The highest BCUT2D eigenvalue weighted by atomic mass is 17.3. The number of hydrogen-bond acceptors (Lipinski definition) is 5. The fourth-order valence-corrected chi connectivity index (χ4v) is 8.54. The molecule has 186 valence electrons. The van der Waals surface area contributed by atoms with Crippen molar-refractivity contribution >= 4 is 0 Å². The van der Waals surface area contributed by atoms with Crippen molar-refractivity contribution in [3.8, 4) is 5.75 Å². The van der Waals surface area contributed by atoms with Crippen molar-refractivity contribution in [3.05, 3.63) is 29.8 Å². The monoisotopic (exact) mass is 467 g/mol. The Kier molecular flexibility index (Phi) is 5.69. The number of benzene rings is 1. The first kappa shape index (κ1) is 22.1. The van der Waals surface area contributed by atoms with Gasteiger partial charge in [0.25, 0.3) is 0 Å². The maximum atomic E-state index is 6.88. The van der Waals surface area contributed by atoms with E-state index >= 15 is 0 Å². The number of piperidine rings is 1. The molecule has 8 rings (SSSR count). The standard InChI is InChI=1S/C29H41NO4/c1-3-27(31-14-9-20-7-12-30-13-8-20)4-2-23(1)24-5-10-28(11-6-24)32-29(34-33-28)25-16-21-15-22(18-25)19-26(29)17-21/h1-4,20-22,24-26,30H,5-19H2. The van der Waals surface area contributed by atoms with Gasteiger partial charge in [0.1, 0.15) is 5.75 Å². The zero-order chi connectivity index (χ0) is 22.6. The van der Waals surface area contributed by atoms with Gasteiger partial charge in [-0.2, -0.15) is 9.78 Å². The van der Waals surface area contributed by atoms with E-state index in [1.165, 1.54) is 56.9 Å². The zero-order valence-corrected chi connectivity index (χ0v) is 20.5. The summed E-state index contributed by atoms with van der Waals surface area (Å²) in [6, 6.07) is 8.87. The average Bonchev–Trinajstić information content (AvgIpc) is 3.24. The first-order chi connectivity index (χ1) is 16.7. The lowest BCUT2D eigenvalue weighted by Crippen LogP contribution is -2.59. The van der Waals surface area contributed by atoms with Crippen LogP contribution in [0.15, 0.2) is 24.3 Å². The number of ether oxygens (including phenoxy) is 2. The van der Waals surface area contributed by atoms with E-state index in [0.717, 1.165) is 68.9 Å². The minimum atomic E-state index is -0.510. The van der Waals surface area contributed by atoms with Crippen molar-refractivity contribution in [3.63, 3.8) is 0 Å². The molecule has 2 aliphatic heterocycles. The van der Waals surface area contributed by atoms with Crippen molar-refractivity contribution in [1.29, 1.82) is 0 Å². The molecule has 7 aliphatic rings. The highest BCUT2D eigenvalue weighted by molar-refractivity contribution is 5.30. The Morgan fingerprint density at radius 1 is 0.824 bits per heavy atom. The summed E-state index contributed by atoms with van der Waals surface area (Å²) in [5, 5.41) is 3.44. The van der Waals surface area contributed by atoms with Gasteiger partial charge in [-0.15, -0.1) is 0 Å². The molecule has 1 aromatic carbocycles. The van der Waals surface area contributed by atoms with Crippen LogP contribution in [0.5, 0.6) is 5.75 Å². The second-order valence-electron chi connectivity index (χ2n) is 12.4. The molecule has 5 aliphatic carbocycles. The van der Waals surface area contributed by atoms with Crippen LogP contribution >= 0.6 is 0 Å². The van der Waals surface area contributed by atoms with Gasteiger partial charge >= 0.3 is 0 Å². The molecule has 0 amide bonds. The molecule has 1 aromatic rings. The van der Waals surface area contributed by atoms with Gasteiger partial charge in [-0.05, 0) is 119 Å². The van der Waals surface area contributed by atoms with Crippen LogP contribution in [0.2, 0.25) is 0 Å². The van der Waals surface area contributed by atoms with Gasteiger partial charge in [-0.25, -0.2) is 0 Å². The van der Waals surface area contributed by atoms with Crippen molar-refractivity contribution in [1.82, 2.24) is 5.32 Å². The first-order valence-corrected chi connectivity index (χ1v) is 14.2. The van der Waals surface area contributed by atoms with Crippen LogP contribution in [0.4, 0.5) is 0 Å². The van der Waals surface area contributed by atoms with Crippen LogP contribution in [0, 0.1) is 29.6 Å². The minimum absolute atomic E-state index is 0.437. The topological polar surface area (TPSA) is 49.0 Å². The Bertz CT molecular complexity index is 827. The second-order valence-corrected chi connectivity index (χ2v) is 12.4. The highest BCUT2D eigenvalue weighted by Gasteiger charge is 2.66. The van der Waals surface area contributed by atoms with Crippen LogP contribution in [0.25, 0.3) is 0 Å². The third-order valence-corrected chi connectivity index (χ3v) is 10.3. The summed E-state index contributed by atoms with van der Waals surface area (Å²) in [5.41, 5.74) is 1.42. The summed E-state index contributed by atoms with van der Waals surface area (Å²) in [6.45, 7) is 3.15. The maximum absolute atomic E-state index is 6.88. The fraction of sp³-hybridized carbons (Fsp3) is 0.793. The molecule has 0 atom stereocenters. The quantitative estimate of drug-likeness (QED) is 0.543. The van der Waals surface area contributed by atoms with Crippen LogP contribution in [0.3, 0.4) is 0 Å². The molecule has 7 fully saturated rings. The van der Waals surface area contributed by atoms with Crippen LogP contribution < -0.4 is 10.1 Å². The molecule has 2 spiro atoms. The van der Waals surface area contributed by atoms with Crippen LogP contribution in [-0.2, 0) is 14.5 Å². The largest absolute Gasteiger partial charge is 0.494 e. The molecule has 0 unspecified atom stereocenters. The molecule has 5 saturated carbocycles. The molecule has 2 saturated heterocycles. The van der Waals surface area contributed by atoms with Gasteiger partial charge in [0.05, 0.1) is 6.61 Å². The minimum Gasteiger partial charge on any atom is -0.494 e. The van der Waals surface area contributed by atoms with E-state index in [4.69, 9.17) is 19.2 Å². The summed E-state index contributed by atoms with van der Waals surface area (Å²) in [6.07, 6.45) is 14.3. The van der Waals surface area contributed by atoms with Crippen LogP contribution in [0.1, 0.15) is 88.5 Å². The summed E-state index contributed by atoms with van der Waals surface area (Å²) >= 11 is 0. The second kappa shape index (κ2) is 8.76. The lowest BCUT2D eigenvalue weighted by Gasteiger charge is -2.57. The van der Waals surface area contributed by atoms with Gasteiger partial charge in [0, 0.05) is 24.7 Å². The number of hydrogen-bond donors (Lipinski definition) is 1. The maximum Gasteiger partial charge on any atom is 0.210 e. The van der Waals surface area contributed by atoms with Gasteiger partial charge in [-0.1, -0.05) is 12.1 Å². The first-order valence-electron chi connectivity index (χ1n) is 14.2. The van der Waals surface area contributed by atoms with Gasteiger partial charge in [0.2, 0.25) is 11.6 Å². The summed E-state index contributed by atoms with van der Waals surface area (Å²) in [4.78, 5) is 12.3. The Morgan fingerprint density at radius 3 is 2.18 bits per heavy atom. The molecule has 0 aromatic heterocycles. The van der Waals surface area contributed by atoms with Gasteiger partial charge in [0.15, 0.2) is 0 Å². The van der Waals surface area contributed by atoms with E-state index in [9.17, 15) is 0 Å². The van der Waals surface area contributed by atoms with E-state index < -0.39 is 11.6 Å². The van der Waals surface area contributed by atoms with Crippen molar-refractivity contribution in [2.24, 2.45) is 29.6 Å². The fourth-order valence-electron chi connectivity index (χ4n) is 8.54. The summed E-state index contributed by atoms with van der Waals surface area (Å²) in [7, 11) is 0. The van der Waals surface area contributed by atoms with Crippen molar-refractivity contribution in [2.45, 2.75) is 94.5 Å². The molecule has 5 nitrogen and oxygen atoms in total. The molecule has 1 N–H and O–H groups in total. The third kappa shape index (κ3) is 3.91. The molecular weight excluding hydrogens is 426 g/mol. The lowest BCUT2D eigenvalue weighted by atomic mass is 9.53. The Labute approximate surface area is 204 Å². The Hall–Kier alpha value is -1.14. The zero-order valence-electron chi connectivity index (χ0n) is 20.5. The van der Waals surface area contributed by atoms with E-state index in [-0.39, 0.29) is 0 Å². The van der Waals surface area contributed by atoms with Crippen molar-refractivity contribution in [2.75, 3.05) is 19.7 Å². The van der Waals surface area contributed by atoms with Crippen molar-refractivity contribution < 1.29 is 19.2 Å². The lowest BCUT2D eigenvalue weighted by molar-refractivity contribution is -0.390. The summed E-state index contributed by atoms with van der Waals surface area (Å²) < 4.78 is 12.9. The predicted octanol–water partition coefficient (Wildman–Crippen LogP) is 5.94. The Balaban J connectivity index is 0.928. The molecule has 4 bridgehead atoms. The van der Waals surface area contributed by atoms with Gasteiger partial charge in [-0.3, -0.25) is 0 Å². The smallest absolute Gasteiger partial charge is 0.210 e. The molecule has 0 radical (unpaired) electrons. The molecular formula is C29H41NO4. The van der Waals surface area contributed by atoms with E-state index in [1.54, 1.807) is 0 Å². The van der Waals surface area contributed by atoms with Crippen LogP contribution in [-0.4, -0.2) is 31.3 Å². The molecule has 2 heterocycles. The molecule has 5 heteroatoms. The number of rotatable bonds is 5. The Morgan fingerprint density at radius 2 is 1.50 bits per heavy atom.